The Morgan fingerprint density at radius 3 is 2.29 bits per heavy atom. The highest BCUT2D eigenvalue weighted by Crippen LogP contribution is 2.24. The fraction of sp³-hybridized carbons (Fsp3) is 0.381. The Labute approximate surface area is 167 Å². The molecule has 6 nitrogen and oxygen atoms in total. The van der Waals surface area contributed by atoms with Gasteiger partial charge >= 0.3 is 0 Å². The summed E-state index contributed by atoms with van der Waals surface area (Å²) in [6.45, 7) is 5.46. The van der Waals surface area contributed by atoms with Crippen molar-refractivity contribution in [3.05, 3.63) is 65.7 Å². The van der Waals surface area contributed by atoms with Gasteiger partial charge in [0.25, 0.3) is 0 Å². The lowest BCUT2D eigenvalue weighted by Gasteiger charge is -2.27. The molecule has 0 aliphatic carbocycles. The molecule has 1 atom stereocenters. The van der Waals surface area contributed by atoms with E-state index in [1.165, 1.54) is 0 Å². The highest BCUT2D eigenvalue weighted by Gasteiger charge is 2.27. The Kier molecular flexibility index (Phi) is 7.19. The monoisotopic (exact) mass is 401 g/mol. The third-order valence-electron chi connectivity index (χ3n) is 4.57. The van der Waals surface area contributed by atoms with E-state index in [0.29, 0.717) is 12.1 Å². The third-order valence-corrected chi connectivity index (χ3v) is 6.36. The summed E-state index contributed by atoms with van der Waals surface area (Å²) < 4.78 is 26.3. The van der Waals surface area contributed by atoms with E-state index in [2.05, 4.69) is 10.8 Å². The van der Waals surface area contributed by atoms with E-state index in [1.807, 2.05) is 47.4 Å². The molecule has 0 amide bonds. The second kappa shape index (κ2) is 9.20. The summed E-state index contributed by atoms with van der Waals surface area (Å²) in [4.78, 5) is 1.94. The number of rotatable bonds is 9. The van der Waals surface area contributed by atoms with Gasteiger partial charge in [0.15, 0.2) is 0 Å². The van der Waals surface area contributed by atoms with Crippen LogP contribution in [0.5, 0.6) is 0 Å². The molecule has 7 heteroatoms. The Hall–Kier alpha value is -2.40. The fourth-order valence-corrected chi connectivity index (χ4v) is 3.48. The Bertz CT molecular complexity index is 902. The van der Waals surface area contributed by atoms with Gasteiger partial charge in [-0.3, -0.25) is 0 Å². The van der Waals surface area contributed by atoms with E-state index in [0.717, 1.165) is 11.3 Å². The quantitative estimate of drug-likeness (QED) is 0.630. The molecule has 1 unspecified atom stereocenters. The molecule has 150 valence electrons. The fourth-order valence-electron chi connectivity index (χ4n) is 2.67. The minimum Gasteiger partial charge on any atom is -0.384 e. The number of nitriles is 1. The van der Waals surface area contributed by atoms with Crippen LogP contribution < -0.4 is 9.62 Å². The van der Waals surface area contributed by atoms with Crippen LogP contribution in [-0.4, -0.2) is 31.9 Å². The molecule has 2 aromatic carbocycles. The lowest BCUT2D eigenvalue weighted by molar-refractivity contribution is 0.0627. The summed E-state index contributed by atoms with van der Waals surface area (Å²) in [6, 6.07) is 19.2. The second-order valence-corrected chi connectivity index (χ2v) is 9.56. The summed E-state index contributed by atoms with van der Waals surface area (Å²) >= 11 is 0. The number of nitrogens with one attached hydrogen (secondary N) is 1. The van der Waals surface area contributed by atoms with E-state index in [4.69, 9.17) is 5.26 Å². The number of anilines is 1. The minimum atomic E-state index is -3.46. The van der Waals surface area contributed by atoms with Crippen molar-refractivity contribution in [3.63, 3.8) is 0 Å². The molecule has 0 saturated carbocycles. The van der Waals surface area contributed by atoms with Crippen LogP contribution in [-0.2, 0) is 22.2 Å². The third kappa shape index (κ3) is 5.80. The van der Waals surface area contributed by atoms with Crippen LogP contribution in [0.2, 0.25) is 0 Å². The molecule has 0 saturated heterocycles. The van der Waals surface area contributed by atoms with Crippen LogP contribution in [0.15, 0.2) is 54.6 Å². The maximum Gasteiger partial charge on any atom is 0.214 e. The summed E-state index contributed by atoms with van der Waals surface area (Å²) in [5.41, 5.74) is 1.20. The molecule has 0 spiro atoms. The van der Waals surface area contributed by atoms with Crippen LogP contribution >= 0.6 is 0 Å². The van der Waals surface area contributed by atoms with E-state index in [9.17, 15) is 13.5 Å². The number of hydrogen-bond acceptors (Lipinski definition) is 5. The first-order valence-corrected chi connectivity index (χ1v) is 10.7. The molecular formula is C21H27N3O3S. The van der Waals surface area contributed by atoms with Gasteiger partial charge in [0.05, 0.1) is 11.3 Å². The average molecular weight is 402 g/mol. The van der Waals surface area contributed by atoms with Crippen molar-refractivity contribution in [2.75, 3.05) is 18.0 Å². The van der Waals surface area contributed by atoms with Crippen molar-refractivity contribution in [1.82, 2.24) is 4.72 Å². The zero-order chi connectivity index (χ0) is 20.8. The minimum absolute atomic E-state index is 0.112. The molecule has 0 aliphatic heterocycles. The lowest BCUT2D eigenvalue weighted by atomic mass is 9.96. The normalized spacial score (nSPS) is 13.7. The predicted molar refractivity (Wildman–Crippen MR) is 111 cm³/mol. The zero-order valence-corrected chi connectivity index (χ0v) is 17.3. The van der Waals surface area contributed by atoms with E-state index >= 15 is 0 Å². The van der Waals surface area contributed by atoms with Gasteiger partial charge in [-0.25, -0.2) is 13.1 Å². The van der Waals surface area contributed by atoms with Gasteiger partial charge < -0.3 is 10.0 Å². The Morgan fingerprint density at radius 1 is 1.14 bits per heavy atom. The van der Waals surface area contributed by atoms with Crippen molar-refractivity contribution < 1.29 is 13.5 Å². The highest BCUT2D eigenvalue weighted by molar-refractivity contribution is 7.90. The molecule has 0 heterocycles. The number of nitrogens with zero attached hydrogens (tertiary/aromatic N) is 2. The van der Waals surface area contributed by atoms with Crippen molar-refractivity contribution in [2.45, 2.75) is 38.2 Å². The first-order chi connectivity index (χ1) is 13.2. The van der Waals surface area contributed by atoms with Crippen LogP contribution in [0.3, 0.4) is 0 Å². The van der Waals surface area contributed by atoms with E-state index < -0.39 is 20.9 Å². The number of benzene rings is 2. The molecule has 0 bridgehead atoms. The molecule has 2 aromatic rings. The standard InChI is InChI=1S/C21H27N3O3S/c1-17(2)28(26,27)23-16-21(3,25)19-9-11-20(12-10-19)24(14-13-22)15-18-7-5-4-6-8-18/h4-12,17,23,25H,14-16H2,1-3H3. The molecule has 0 aromatic heterocycles. The average Bonchev–Trinajstić information content (AvgIpc) is 2.67. The molecule has 0 fully saturated rings. The number of aliphatic hydroxyl groups is 1. The van der Waals surface area contributed by atoms with Gasteiger partial charge in [-0.15, -0.1) is 0 Å². The molecule has 2 N–H and O–H groups in total. The van der Waals surface area contributed by atoms with Gasteiger partial charge in [0.2, 0.25) is 10.0 Å². The summed E-state index contributed by atoms with van der Waals surface area (Å²) in [6.07, 6.45) is 0. The van der Waals surface area contributed by atoms with Crippen LogP contribution in [0.25, 0.3) is 0 Å². The van der Waals surface area contributed by atoms with Crippen molar-refractivity contribution >= 4 is 15.7 Å². The van der Waals surface area contributed by atoms with Crippen molar-refractivity contribution in [2.24, 2.45) is 0 Å². The lowest BCUT2D eigenvalue weighted by Crippen LogP contribution is -2.41. The van der Waals surface area contributed by atoms with Gasteiger partial charge in [0, 0.05) is 18.8 Å². The Balaban J connectivity index is 2.14. The summed E-state index contributed by atoms with van der Waals surface area (Å²) in [5, 5.41) is 19.3. The number of hydrogen-bond donors (Lipinski definition) is 2. The molecule has 28 heavy (non-hydrogen) atoms. The topological polar surface area (TPSA) is 93.4 Å². The molecule has 0 radical (unpaired) electrons. The predicted octanol–water partition coefficient (Wildman–Crippen LogP) is 2.75. The first kappa shape index (κ1) is 21.9. The zero-order valence-electron chi connectivity index (χ0n) is 16.5. The van der Waals surface area contributed by atoms with Gasteiger partial charge in [-0.1, -0.05) is 42.5 Å². The van der Waals surface area contributed by atoms with Crippen LogP contribution in [0, 0.1) is 11.3 Å². The van der Waals surface area contributed by atoms with E-state index in [1.54, 1.807) is 32.9 Å². The van der Waals surface area contributed by atoms with E-state index in [-0.39, 0.29) is 13.1 Å². The van der Waals surface area contributed by atoms with Crippen molar-refractivity contribution in [3.8, 4) is 6.07 Å². The highest BCUT2D eigenvalue weighted by atomic mass is 32.2. The van der Waals surface area contributed by atoms with Gasteiger partial charge in [-0.05, 0) is 44.0 Å². The number of sulfonamides is 1. The summed E-state index contributed by atoms with van der Waals surface area (Å²) in [7, 11) is -3.46. The second-order valence-electron chi connectivity index (χ2n) is 7.24. The Morgan fingerprint density at radius 2 is 1.75 bits per heavy atom. The smallest absolute Gasteiger partial charge is 0.214 e. The van der Waals surface area contributed by atoms with Gasteiger partial charge in [-0.2, -0.15) is 5.26 Å². The molecule has 2 rings (SSSR count). The van der Waals surface area contributed by atoms with Crippen LogP contribution in [0.4, 0.5) is 5.69 Å². The van der Waals surface area contributed by atoms with Crippen molar-refractivity contribution in [1.29, 1.82) is 5.26 Å². The maximum atomic E-state index is 11.9. The molecular weight excluding hydrogens is 374 g/mol. The maximum absolute atomic E-state index is 11.9. The summed E-state index contributed by atoms with van der Waals surface area (Å²) in [5.74, 6) is 0. The first-order valence-electron chi connectivity index (χ1n) is 9.13. The van der Waals surface area contributed by atoms with Crippen LogP contribution in [0.1, 0.15) is 31.9 Å². The largest absolute Gasteiger partial charge is 0.384 e. The molecule has 0 aliphatic rings. The van der Waals surface area contributed by atoms with Gasteiger partial charge in [0.1, 0.15) is 12.1 Å². The SMILES string of the molecule is CC(C)S(=O)(=O)NCC(C)(O)c1ccc(N(CC#N)Cc2ccccc2)cc1.